The summed E-state index contributed by atoms with van der Waals surface area (Å²) in [7, 11) is 0. The highest BCUT2D eigenvalue weighted by Crippen LogP contribution is 2.31. The zero-order valence-electron chi connectivity index (χ0n) is 14.0. The van der Waals surface area contributed by atoms with Gasteiger partial charge >= 0.3 is 0 Å². The third-order valence-electron chi connectivity index (χ3n) is 4.64. The average Bonchev–Trinajstić information content (AvgIpc) is 2.67. The molecule has 2 aliphatic rings. The summed E-state index contributed by atoms with van der Waals surface area (Å²) in [6, 6.07) is -0.666. The summed E-state index contributed by atoms with van der Waals surface area (Å²) in [6.45, 7) is 0.794. The lowest BCUT2D eigenvalue weighted by molar-refractivity contribution is -0.130. The van der Waals surface area contributed by atoms with Gasteiger partial charge < -0.3 is 15.3 Å². The number of hydrogen-bond donors (Lipinski definition) is 2. The van der Waals surface area contributed by atoms with Crippen LogP contribution in [0.25, 0.3) is 0 Å². The lowest BCUT2D eigenvalue weighted by Gasteiger charge is -2.22. The summed E-state index contributed by atoms with van der Waals surface area (Å²) < 4.78 is 26.7. The van der Waals surface area contributed by atoms with Crippen molar-refractivity contribution in [1.82, 2.24) is 15.1 Å². The number of aliphatic hydroxyl groups excluding tert-OH is 1. The predicted molar refractivity (Wildman–Crippen MR) is 84.7 cm³/mol. The number of rotatable bonds is 7. The summed E-state index contributed by atoms with van der Waals surface area (Å²) in [5.74, 6) is -3.00. The normalized spacial score (nSPS) is 24.9. The van der Waals surface area contributed by atoms with Gasteiger partial charge in [0.05, 0.1) is 19.7 Å². The first-order chi connectivity index (χ1) is 11.4. The number of nitrogens with zero attached hydrogens (tertiary/aromatic N) is 2. The fourth-order valence-corrected chi connectivity index (χ4v) is 3.34. The van der Waals surface area contributed by atoms with Crippen LogP contribution in [0.5, 0.6) is 0 Å². The van der Waals surface area contributed by atoms with Crippen LogP contribution in [0.3, 0.4) is 0 Å². The van der Waals surface area contributed by atoms with Crippen molar-refractivity contribution in [3.63, 3.8) is 0 Å². The van der Waals surface area contributed by atoms with Crippen LogP contribution in [0.1, 0.15) is 38.5 Å². The number of likely N-dealkylation sites (tertiary alicyclic amines) is 2. The van der Waals surface area contributed by atoms with Crippen molar-refractivity contribution >= 4 is 11.8 Å². The molecule has 0 aromatic heterocycles. The third kappa shape index (κ3) is 5.66. The number of halogens is 2. The Morgan fingerprint density at radius 1 is 1.33 bits per heavy atom. The quantitative estimate of drug-likeness (QED) is 0.662. The van der Waals surface area contributed by atoms with Crippen molar-refractivity contribution in [1.29, 1.82) is 0 Å². The molecule has 2 amide bonds. The van der Waals surface area contributed by atoms with Gasteiger partial charge in [-0.2, -0.15) is 0 Å². The Kier molecular flexibility index (Phi) is 6.91. The van der Waals surface area contributed by atoms with Crippen molar-refractivity contribution < 1.29 is 23.5 Å². The van der Waals surface area contributed by atoms with Crippen LogP contribution in [-0.2, 0) is 9.59 Å². The van der Waals surface area contributed by atoms with E-state index < -0.39 is 24.9 Å². The minimum atomic E-state index is -2.85. The maximum Gasteiger partial charge on any atom is 0.262 e. The molecule has 2 N–H and O–H groups in total. The second-order valence-corrected chi connectivity index (χ2v) is 6.70. The van der Waals surface area contributed by atoms with E-state index >= 15 is 0 Å². The number of carbonyl (C=O) groups is 2. The summed E-state index contributed by atoms with van der Waals surface area (Å²) >= 11 is 0. The molecular weight excluding hydrogens is 320 g/mol. The molecule has 0 aromatic carbocycles. The summed E-state index contributed by atoms with van der Waals surface area (Å²) in [5.41, 5.74) is 0. The maximum atomic E-state index is 13.3. The summed E-state index contributed by atoms with van der Waals surface area (Å²) in [4.78, 5) is 26.9. The van der Waals surface area contributed by atoms with Crippen LogP contribution in [0.2, 0.25) is 0 Å². The zero-order chi connectivity index (χ0) is 17.6. The Labute approximate surface area is 141 Å². The molecule has 8 heteroatoms. The van der Waals surface area contributed by atoms with Gasteiger partial charge in [0.2, 0.25) is 11.8 Å². The number of carbonyl (C=O) groups excluding carboxylic acids is 2. The van der Waals surface area contributed by atoms with E-state index in [-0.39, 0.29) is 25.0 Å². The van der Waals surface area contributed by atoms with Crippen LogP contribution in [0, 0.1) is 0 Å². The molecule has 2 fully saturated rings. The topological polar surface area (TPSA) is 72.9 Å². The Morgan fingerprint density at radius 2 is 2.12 bits per heavy atom. The van der Waals surface area contributed by atoms with E-state index in [0.29, 0.717) is 25.9 Å². The monoisotopic (exact) mass is 347 g/mol. The molecular formula is C16H27F2N3O3. The largest absolute Gasteiger partial charge is 0.395 e. The van der Waals surface area contributed by atoms with Gasteiger partial charge in [0, 0.05) is 38.5 Å². The van der Waals surface area contributed by atoms with Gasteiger partial charge in [-0.05, 0) is 19.3 Å². The lowest BCUT2D eigenvalue weighted by Crippen LogP contribution is -2.42. The second-order valence-electron chi connectivity index (χ2n) is 6.70. The van der Waals surface area contributed by atoms with Gasteiger partial charge in [-0.1, -0.05) is 6.42 Å². The first-order valence-electron chi connectivity index (χ1n) is 8.68. The van der Waals surface area contributed by atoms with Crippen LogP contribution in [-0.4, -0.2) is 78.0 Å². The Bertz CT molecular complexity index is 448. The first-order valence-corrected chi connectivity index (χ1v) is 8.68. The highest BCUT2D eigenvalue weighted by Gasteiger charge is 2.44. The van der Waals surface area contributed by atoms with Gasteiger partial charge in [0.25, 0.3) is 5.92 Å². The average molecular weight is 347 g/mol. The Hall–Kier alpha value is -1.28. The summed E-state index contributed by atoms with van der Waals surface area (Å²) in [5, 5.41) is 11.9. The lowest BCUT2D eigenvalue weighted by atomic mass is 10.2. The molecule has 2 rings (SSSR count). The van der Waals surface area contributed by atoms with E-state index in [1.807, 2.05) is 4.90 Å². The van der Waals surface area contributed by atoms with Gasteiger partial charge in [0.15, 0.2) is 0 Å². The highest BCUT2D eigenvalue weighted by molar-refractivity contribution is 5.78. The van der Waals surface area contributed by atoms with Crippen LogP contribution in [0.4, 0.5) is 8.78 Å². The fraction of sp³-hybridized carbons (Fsp3) is 0.875. The number of aliphatic hydroxyl groups is 1. The molecule has 1 unspecified atom stereocenters. The van der Waals surface area contributed by atoms with Crippen molar-refractivity contribution in [3.05, 3.63) is 0 Å². The molecule has 1 atom stereocenters. The third-order valence-corrected chi connectivity index (χ3v) is 4.64. The SMILES string of the molecule is O=C(CN1CC(F)(F)CC1CO)NCCCN1CCCCCC1=O. The van der Waals surface area contributed by atoms with Gasteiger partial charge in [0.1, 0.15) is 0 Å². The molecule has 0 saturated carbocycles. The van der Waals surface area contributed by atoms with Crippen LogP contribution >= 0.6 is 0 Å². The van der Waals surface area contributed by atoms with Crippen molar-refractivity contribution in [2.75, 3.05) is 39.3 Å². The van der Waals surface area contributed by atoms with Crippen molar-refractivity contribution in [3.8, 4) is 0 Å². The Balaban J connectivity index is 1.65. The Morgan fingerprint density at radius 3 is 2.88 bits per heavy atom. The highest BCUT2D eigenvalue weighted by atomic mass is 19.3. The number of amides is 2. The molecule has 2 heterocycles. The molecule has 0 spiro atoms. The molecule has 0 bridgehead atoms. The van der Waals surface area contributed by atoms with Crippen molar-refractivity contribution in [2.24, 2.45) is 0 Å². The molecule has 24 heavy (non-hydrogen) atoms. The van der Waals surface area contributed by atoms with E-state index in [0.717, 1.165) is 25.8 Å². The zero-order valence-corrected chi connectivity index (χ0v) is 14.0. The smallest absolute Gasteiger partial charge is 0.262 e. The fourth-order valence-electron chi connectivity index (χ4n) is 3.34. The van der Waals surface area contributed by atoms with E-state index in [1.165, 1.54) is 4.90 Å². The number of nitrogens with one attached hydrogen (secondary N) is 1. The van der Waals surface area contributed by atoms with E-state index in [9.17, 15) is 18.4 Å². The number of alkyl halides is 2. The molecule has 138 valence electrons. The molecule has 6 nitrogen and oxygen atoms in total. The number of hydrogen-bond acceptors (Lipinski definition) is 4. The minimum Gasteiger partial charge on any atom is -0.395 e. The second kappa shape index (κ2) is 8.71. The predicted octanol–water partition coefficient (Wildman–Crippen LogP) is 0.597. The van der Waals surface area contributed by atoms with E-state index in [1.54, 1.807) is 0 Å². The van der Waals surface area contributed by atoms with E-state index in [2.05, 4.69) is 5.32 Å². The standard InChI is InChI=1S/C16H27F2N3O3/c17-16(18)9-13(11-22)21(12-16)10-14(23)19-6-4-8-20-7-3-1-2-5-15(20)24/h13,22H,1-12H2,(H,19,23). The van der Waals surface area contributed by atoms with Crippen molar-refractivity contribution in [2.45, 2.75) is 50.5 Å². The van der Waals surface area contributed by atoms with Crippen LogP contribution in [0.15, 0.2) is 0 Å². The molecule has 0 aromatic rings. The molecule has 2 saturated heterocycles. The van der Waals surface area contributed by atoms with Gasteiger partial charge in [-0.15, -0.1) is 0 Å². The molecule has 0 radical (unpaired) electrons. The molecule has 2 aliphatic heterocycles. The minimum absolute atomic E-state index is 0.135. The summed E-state index contributed by atoms with van der Waals surface area (Å²) in [6.07, 6.45) is 3.87. The molecule has 0 aliphatic carbocycles. The van der Waals surface area contributed by atoms with Gasteiger partial charge in [-0.25, -0.2) is 8.78 Å². The van der Waals surface area contributed by atoms with Crippen LogP contribution < -0.4 is 5.32 Å². The maximum absolute atomic E-state index is 13.3. The first kappa shape index (κ1) is 19.1. The van der Waals surface area contributed by atoms with E-state index in [4.69, 9.17) is 5.11 Å². The van der Waals surface area contributed by atoms with Gasteiger partial charge in [-0.3, -0.25) is 14.5 Å².